The maximum absolute atomic E-state index is 12.3. The number of anilines is 1. The normalized spacial score (nSPS) is 18.1. The zero-order valence-electron chi connectivity index (χ0n) is 19.2. The van der Waals surface area contributed by atoms with Crippen molar-refractivity contribution >= 4 is 28.9 Å². The fourth-order valence-electron chi connectivity index (χ4n) is 4.13. The Morgan fingerprint density at radius 1 is 1.39 bits per heavy atom. The molecule has 0 aromatic carbocycles. The van der Waals surface area contributed by atoms with Crippen molar-refractivity contribution in [2.75, 3.05) is 38.1 Å². The van der Waals surface area contributed by atoms with Crippen LogP contribution in [0.5, 0.6) is 0 Å². The molecular weight excluding hydrogens is 424 g/mol. The van der Waals surface area contributed by atoms with E-state index in [9.17, 15) is 9.59 Å². The number of nitrogens with one attached hydrogen (secondary N) is 1. The fourth-order valence-corrected chi connectivity index (χ4v) is 4.13. The summed E-state index contributed by atoms with van der Waals surface area (Å²) in [7, 11) is 1.96. The minimum Gasteiger partial charge on any atom is -0.428 e. The van der Waals surface area contributed by atoms with Crippen LogP contribution < -0.4 is 16.0 Å². The van der Waals surface area contributed by atoms with Crippen LogP contribution in [0.4, 0.5) is 10.6 Å². The molecule has 1 aliphatic heterocycles. The van der Waals surface area contributed by atoms with Crippen LogP contribution in [0.25, 0.3) is 11.0 Å². The van der Waals surface area contributed by atoms with Gasteiger partial charge in [-0.3, -0.25) is 9.36 Å². The molecule has 2 amide bonds. The fraction of sp³-hybridized carbons (Fsp3) is 0.591. The molecule has 0 aliphatic carbocycles. The molecular formula is C22H32N8O3. The number of carbonyl (C=O) groups excluding carboxylic acids is 2. The Morgan fingerprint density at radius 2 is 2.21 bits per heavy atom. The number of alkyl carbamates (subject to hydrolysis) is 1. The molecule has 2 aromatic rings. The third-order valence-electron chi connectivity index (χ3n) is 6.10. The molecule has 0 unspecified atom stereocenters. The largest absolute Gasteiger partial charge is 0.428 e. The highest BCUT2D eigenvalue weighted by molar-refractivity contribution is 5.88. The van der Waals surface area contributed by atoms with E-state index < -0.39 is 6.09 Å². The monoisotopic (exact) mass is 456 g/mol. The van der Waals surface area contributed by atoms with Gasteiger partial charge in [-0.15, -0.1) is 0 Å². The maximum atomic E-state index is 12.3. The molecule has 1 saturated heterocycles. The van der Waals surface area contributed by atoms with Crippen molar-refractivity contribution in [2.45, 2.75) is 45.4 Å². The number of unbranched alkanes of at least 4 members (excludes halogenated alkanes) is 1. The summed E-state index contributed by atoms with van der Waals surface area (Å²) in [6, 6.07) is 3.89. The summed E-state index contributed by atoms with van der Waals surface area (Å²) >= 11 is 0. The van der Waals surface area contributed by atoms with Crippen molar-refractivity contribution in [1.82, 2.24) is 24.8 Å². The van der Waals surface area contributed by atoms with Gasteiger partial charge in [-0.25, -0.2) is 14.8 Å². The molecule has 33 heavy (non-hydrogen) atoms. The number of hydrogen-bond acceptors (Lipinski definition) is 8. The molecule has 3 rings (SSSR count). The number of amides is 2. The van der Waals surface area contributed by atoms with Gasteiger partial charge in [0, 0.05) is 32.9 Å². The molecule has 2 aromatic heterocycles. The van der Waals surface area contributed by atoms with Gasteiger partial charge in [0.1, 0.15) is 24.2 Å². The van der Waals surface area contributed by atoms with Crippen molar-refractivity contribution in [2.24, 2.45) is 11.7 Å². The van der Waals surface area contributed by atoms with Crippen LogP contribution >= 0.6 is 0 Å². The highest BCUT2D eigenvalue weighted by atomic mass is 16.6. The standard InChI is InChI=1S/C22H32N8O3/c1-16-6-11-29(19(31)5-9-24)13-18(16)28(2)20-17-7-12-30(21(17)27-14-26-20)15-33-22(32)25-10-4-3-8-23/h7,12,14,16,18H,3-6,8,10-11,13,15,23H2,1-2H3,(H,25,32)/t16-,18+/m1/s1. The molecule has 3 heterocycles. The van der Waals surface area contributed by atoms with E-state index in [4.69, 9.17) is 15.7 Å². The zero-order chi connectivity index (χ0) is 23.8. The van der Waals surface area contributed by atoms with Gasteiger partial charge in [-0.1, -0.05) is 6.92 Å². The van der Waals surface area contributed by atoms with Gasteiger partial charge in [0.05, 0.1) is 17.5 Å². The first-order chi connectivity index (χ1) is 16.0. The molecule has 178 valence electrons. The first-order valence-corrected chi connectivity index (χ1v) is 11.2. The van der Waals surface area contributed by atoms with Crippen LogP contribution in [0.3, 0.4) is 0 Å². The average molecular weight is 457 g/mol. The second-order valence-corrected chi connectivity index (χ2v) is 8.32. The van der Waals surface area contributed by atoms with Crippen LogP contribution in [0.1, 0.15) is 32.6 Å². The third-order valence-corrected chi connectivity index (χ3v) is 6.10. The molecule has 1 fully saturated rings. The van der Waals surface area contributed by atoms with E-state index >= 15 is 0 Å². The number of ether oxygens (including phenoxy) is 1. The molecule has 11 heteroatoms. The van der Waals surface area contributed by atoms with Crippen LogP contribution in [0, 0.1) is 17.2 Å². The van der Waals surface area contributed by atoms with Crippen LogP contribution in [0.2, 0.25) is 0 Å². The number of hydrogen-bond donors (Lipinski definition) is 2. The summed E-state index contributed by atoms with van der Waals surface area (Å²) in [6.45, 7) is 4.51. The summed E-state index contributed by atoms with van der Waals surface area (Å²) in [5.74, 6) is 0.955. The Bertz CT molecular complexity index is 1000. The molecule has 0 radical (unpaired) electrons. The van der Waals surface area contributed by atoms with Crippen molar-refractivity contribution < 1.29 is 14.3 Å². The number of piperidine rings is 1. The first kappa shape index (κ1) is 24.3. The van der Waals surface area contributed by atoms with E-state index in [1.54, 1.807) is 9.47 Å². The van der Waals surface area contributed by atoms with Crippen molar-refractivity contribution in [3.63, 3.8) is 0 Å². The minimum absolute atomic E-state index is 0.0304. The Kier molecular flexibility index (Phi) is 8.43. The number of fused-ring (bicyclic) bond motifs is 1. The molecule has 0 bridgehead atoms. The third kappa shape index (κ3) is 5.90. The van der Waals surface area contributed by atoms with Gasteiger partial charge in [0.15, 0.2) is 6.73 Å². The predicted octanol–water partition coefficient (Wildman–Crippen LogP) is 1.44. The maximum Gasteiger partial charge on any atom is 0.408 e. The van der Waals surface area contributed by atoms with E-state index in [0.29, 0.717) is 37.7 Å². The molecule has 3 N–H and O–H groups in total. The lowest BCUT2D eigenvalue weighted by Crippen LogP contribution is -2.52. The van der Waals surface area contributed by atoms with Crippen LogP contribution in [-0.2, 0) is 16.3 Å². The summed E-state index contributed by atoms with van der Waals surface area (Å²) in [4.78, 5) is 36.9. The topological polar surface area (TPSA) is 142 Å². The second-order valence-electron chi connectivity index (χ2n) is 8.32. The molecule has 0 spiro atoms. The quantitative estimate of drug-likeness (QED) is 0.540. The Hall–Kier alpha value is -3.39. The minimum atomic E-state index is -0.488. The summed E-state index contributed by atoms with van der Waals surface area (Å²) < 4.78 is 7.06. The second kappa shape index (κ2) is 11.5. The van der Waals surface area contributed by atoms with E-state index in [-0.39, 0.29) is 25.1 Å². The summed E-state index contributed by atoms with van der Waals surface area (Å²) in [5, 5.41) is 12.4. The molecule has 11 nitrogen and oxygen atoms in total. The van der Waals surface area contributed by atoms with Gasteiger partial charge in [-0.05, 0) is 37.8 Å². The first-order valence-electron chi connectivity index (χ1n) is 11.2. The molecule has 2 atom stereocenters. The highest BCUT2D eigenvalue weighted by Crippen LogP contribution is 2.29. The Balaban J connectivity index is 1.70. The van der Waals surface area contributed by atoms with E-state index in [0.717, 1.165) is 30.5 Å². The average Bonchev–Trinajstić information content (AvgIpc) is 3.24. The number of likely N-dealkylation sites (tertiary alicyclic amines) is 1. The van der Waals surface area contributed by atoms with Crippen molar-refractivity contribution in [3.05, 3.63) is 18.6 Å². The summed E-state index contributed by atoms with van der Waals surface area (Å²) in [5.41, 5.74) is 6.11. The predicted molar refractivity (Wildman–Crippen MR) is 123 cm³/mol. The lowest BCUT2D eigenvalue weighted by atomic mass is 9.92. The highest BCUT2D eigenvalue weighted by Gasteiger charge is 2.32. The smallest absolute Gasteiger partial charge is 0.408 e. The Morgan fingerprint density at radius 3 is 2.97 bits per heavy atom. The number of carbonyl (C=O) groups is 2. The SMILES string of the molecule is C[C@@H]1CCN(C(=O)CC#N)C[C@@H]1N(C)c1ncnc2c1ccn2COC(=O)NCCCCN. The van der Waals surface area contributed by atoms with Gasteiger partial charge in [0.2, 0.25) is 5.91 Å². The van der Waals surface area contributed by atoms with Crippen molar-refractivity contribution in [3.8, 4) is 6.07 Å². The van der Waals surface area contributed by atoms with Gasteiger partial charge in [0.25, 0.3) is 0 Å². The number of nitrogens with zero attached hydrogens (tertiary/aromatic N) is 6. The van der Waals surface area contributed by atoms with Gasteiger partial charge >= 0.3 is 6.09 Å². The van der Waals surface area contributed by atoms with Crippen molar-refractivity contribution in [1.29, 1.82) is 5.26 Å². The Labute approximate surface area is 193 Å². The number of aromatic nitrogens is 3. The number of likely N-dealkylation sites (N-methyl/N-ethyl adjacent to an activating group) is 1. The van der Waals surface area contributed by atoms with E-state index in [1.807, 2.05) is 25.4 Å². The van der Waals surface area contributed by atoms with E-state index in [2.05, 4.69) is 27.1 Å². The van der Waals surface area contributed by atoms with E-state index in [1.165, 1.54) is 6.33 Å². The molecule has 0 saturated carbocycles. The van der Waals surface area contributed by atoms with Crippen LogP contribution in [0.15, 0.2) is 18.6 Å². The molecule has 1 aliphatic rings. The van der Waals surface area contributed by atoms with Crippen LogP contribution in [-0.4, -0.2) is 70.7 Å². The lowest BCUT2D eigenvalue weighted by molar-refractivity contribution is -0.131. The number of nitriles is 1. The zero-order valence-corrected chi connectivity index (χ0v) is 19.2. The van der Waals surface area contributed by atoms with Gasteiger partial charge < -0.3 is 25.6 Å². The van der Waals surface area contributed by atoms with Gasteiger partial charge in [-0.2, -0.15) is 5.26 Å². The lowest BCUT2D eigenvalue weighted by Gasteiger charge is -2.42. The number of nitrogens with two attached hydrogens (primary N) is 1. The number of rotatable bonds is 9. The summed E-state index contributed by atoms with van der Waals surface area (Å²) in [6.07, 6.45) is 5.22.